The maximum Gasteiger partial charge on any atom is 0.547 e. The minimum atomic E-state index is -1.20. The lowest BCUT2D eigenvalue weighted by Gasteiger charge is -2.29. The summed E-state index contributed by atoms with van der Waals surface area (Å²) in [5.41, 5.74) is 1.07. The molecular weight excluding hydrogens is 309 g/mol. The summed E-state index contributed by atoms with van der Waals surface area (Å²) in [6, 6.07) is 5.18. The standard InChI is InChI=1S/C17H24BNO5/c1-4-15(20)19-14-10-12-6-5-7-13(16(12)24-18(14)22)17(21)23-9-8-11(2)3/h5-7,11,14,22H,4,8-10H2,1-3H3,(H,19,20)/t14-/m0/s1. The summed E-state index contributed by atoms with van der Waals surface area (Å²) in [5, 5.41) is 12.9. The number of esters is 1. The average molecular weight is 333 g/mol. The number of para-hydroxylation sites is 1. The molecule has 0 bridgehead atoms. The van der Waals surface area contributed by atoms with Crippen LogP contribution < -0.4 is 9.97 Å². The van der Waals surface area contributed by atoms with Gasteiger partial charge in [-0.25, -0.2) is 4.79 Å². The van der Waals surface area contributed by atoms with E-state index in [1.165, 1.54) is 0 Å². The molecule has 130 valence electrons. The highest BCUT2D eigenvalue weighted by molar-refractivity contribution is 6.47. The minimum Gasteiger partial charge on any atom is -0.534 e. The Morgan fingerprint density at radius 3 is 2.88 bits per heavy atom. The van der Waals surface area contributed by atoms with Crippen molar-refractivity contribution in [2.45, 2.75) is 46.0 Å². The van der Waals surface area contributed by atoms with Gasteiger partial charge in [-0.3, -0.25) is 4.79 Å². The van der Waals surface area contributed by atoms with Crippen LogP contribution in [0.2, 0.25) is 0 Å². The highest BCUT2D eigenvalue weighted by Crippen LogP contribution is 2.30. The Morgan fingerprint density at radius 2 is 2.21 bits per heavy atom. The molecule has 0 fully saturated rings. The molecule has 2 rings (SSSR count). The lowest BCUT2D eigenvalue weighted by atomic mass is 9.72. The molecule has 0 saturated carbocycles. The molecule has 24 heavy (non-hydrogen) atoms. The molecule has 1 aliphatic rings. The fraction of sp³-hybridized carbons (Fsp3) is 0.529. The first-order valence-corrected chi connectivity index (χ1v) is 8.35. The molecule has 1 aromatic carbocycles. The van der Waals surface area contributed by atoms with Gasteiger partial charge in [0.2, 0.25) is 5.91 Å². The Hall–Kier alpha value is -2.02. The van der Waals surface area contributed by atoms with Gasteiger partial charge in [0, 0.05) is 6.42 Å². The van der Waals surface area contributed by atoms with Crippen molar-refractivity contribution >= 4 is 19.0 Å². The summed E-state index contributed by atoms with van der Waals surface area (Å²) < 4.78 is 10.8. The van der Waals surface area contributed by atoms with Crippen molar-refractivity contribution in [1.82, 2.24) is 5.32 Å². The van der Waals surface area contributed by atoms with Crippen molar-refractivity contribution < 1.29 is 24.0 Å². The first-order valence-electron chi connectivity index (χ1n) is 8.35. The van der Waals surface area contributed by atoms with Gasteiger partial charge < -0.3 is 19.7 Å². The predicted octanol–water partition coefficient (Wildman–Crippen LogP) is 1.74. The van der Waals surface area contributed by atoms with Crippen LogP contribution in [-0.4, -0.2) is 36.6 Å². The molecule has 0 unspecified atom stereocenters. The van der Waals surface area contributed by atoms with Crippen LogP contribution in [0.3, 0.4) is 0 Å². The number of benzene rings is 1. The molecule has 0 aliphatic carbocycles. The summed E-state index contributed by atoms with van der Waals surface area (Å²) in [7, 11) is -1.20. The molecule has 0 aromatic heterocycles. The van der Waals surface area contributed by atoms with Crippen molar-refractivity contribution in [2.24, 2.45) is 5.92 Å². The summed E-state index contributed by atoms with van der Waals surface area (Å²) >= 11 is 0. The molecular formula is C17H24BNO5. The normalized spacial score (nSPS) is 16.4. The van der Waals surface area contributed by atoms with E-state index in [1.807, 2.05) is 6.07 Å². The van der Waals surface area contributed by atoms with E-state index in [0.717, 1.165) is 12.0 Å². The van der Waals surface area contributed by atoms with E-state index in [0.29, 0.717) is 36.7 Å². The van der Waals surface area contributed by atoms with E-state index < -0.39 is 19.0 Å². The van der Waals surface area contributed by atoms with Crippen molar-refractivity contribution in [1.29, 1.82) is 0 Å². The lowest BCUT2D eigenvalue weighted by Crippen LogP contribution is -2.53. The van der Waals surface area contributed by atoms with Crippen molar-refractivity contribution in [3.8, 4) is 5.75 Å². The van der Waals surface area contributed by atoms with Gasteiger partial charge in [0.25, 0.3) is 0 Å². The van der Waals surface area contributed by atoms with E-state index in [4.69, 9.17) is 9.39 Å². The second-order valence-corrected chi connectivity index (χ2v) is 6.35. The van der Waals surface area contributed by atoms with Crippen LogP contribution in [-0.2, 0) is 16.0 Å². The van der Waals surface area contributed by atoms with Crippen LogP contribution in [0.5, 0.6) is 5.75 Å². The first kappa shape index (κ1) is 18.3. The van der Waals surface area contributed by atoms with Gasteiger partial charge >= 0.3 is 13.1 Å². The number of fused-ring (bicyclic) bond motifs is 1. The second kappa shape index (κ2) is 8.19. The van der Waals surface area contributed by atoms with Crippen molar-refractivity contribution in [2.75, 3.05) is 6.61 Å². The number of ether oxygens (including phenoxy) is 1. The zero-order valence-electron chi connectivity index (χ0n) is 14.4. The largest absolute Gasteiger partial charge is 0.547 e. The van der Waals surface area contributed by atoms with Gasteiger partial charge in [0.1, 0.15) is 11.3 Å². The monoisotopic (exact) mass is 333 g/mol. The SMILES string of the molecule is CCC(=O)N[C@H]1Cc2cccc(C(=O)OCCC(C)C)c2OB1O. The van der Waals surface area contributed by atoms with E-state index >= 15 is 0 Å². The lowest BCUT2D eigenvalue weighted by molar-refractivity contribution is -0.121. The average Bonchev–Trinajstić information content (AvgIpc) is 2.54. The zero-order chi connectivity index (χ0) is 17.7. The van der Waals surface area contributed by atoms with Crippen LogP contribution in [0.15, 0.2) is 18.2 Å². The third kappa shape index (κ3) is 4.51. The number of carbonyl (C=O) groups excluding carboxylic acids is 2. The molecule has 0 saturated heterocycles. The van der Waals surface area contributed by atoms with E-state index in [2.05, 4.69) is 19.2 Å². The molecule has 7 heteroatoms. The highest BCUT2D eigenvalue weighted by Gasteiger charge is 2.37. The first-order chi connectivity index (χ1) is 11.4. The summed E-state index contributed by atoms with van der Waals surface area (Å²) in [6.45, 7) is 6.20. The van der Waals surface area contributed by atoms with Crippen LogP contribution in [0.1, 0.15) is 49.5 Å². The number of hydrogen-bond acceptors (Lipinski definition) is 5. The summed E-state index contributed by atoms with van der Waals surface area (Å²) in [6.07, 6.45) is 1.52. The van der Waals surface area contributed by atoms with Gasteiger partial charge in [0.15, 0.2) is 0 Å². The molecule has 2 N–H and O–H groups in total. The molecule has 1 atom stereocenters. The quantitative estimate of drug-likeness (QED) is 0.612. The Labute approximate surface area is 142 Å². The Morgan fingerprint density at radius 1 is 1.46 bits per heavy atom. The smallest absolute Gasteiger partial charge is 0.534 e. The summed E-state index contributed by atoms with van der Waals surface area (Å²) in [4.78, 5) is 23.8. The van der Waals surface area contributed by atoms with E-state index in [1.54, 1.807) is 19.1 Å². The third-order valence-electron chi connectivity index (χ3n) is 3.93. The Kier molecular flexibility index (Phi) is 6.26. The minimum absolute atomic E-state index is 0.157. The topological polar surface area (TPSA) is 84.9 Å². The number of hydrogen-bond donors (Lipinski definition) is 2. The summed E-state index contributed by atoms with van der Waals surface area (Å²) in [5.74, 6) is -0.367. The third-order valence-corrected chi connectivity index (χ3v) is 3.93. The number of carbonyl (C=O) groups is 2. The van der Waals surface area contributed by atoms with Crippen LogP contribution in [0, 0.1) is 5.92 Å². The van der Waals surface area contributed by atoms with Gasteiger partial charge in [-0.15, -0.1) is 0 Å². The van der Waals surface area contributed by atoms with Gasteiger partial charge in [-0.2, -0.15) is 0 Å². The molecule has 1 heterocycles. The van der Waals surface area contributed by atoms with Crippen LogP contribution in [0.4, 0.5) is 0 Å². The maximum atomic E-state index is 12.3. The highest BCUT2D eigenvalue weighted by atomic mass is 16.5. The van der Waals surface area contributed by atoms with Gasteiger partial charge in [-0.05, 0) is 30.4 Å². The van der Waals surface area contributed by atoms with Gasteiger partial charge in [-0.1, -0.05) is 32.9 Å². The van der Waals surface area contributed by atoms with Crippen molar-refractivity contribution in [3.63, 3.8) is 0 Å². The second-order valence-electron chi connectivity index (χ2n) is 6.35. The van der Waals surface area contributed by atoms with E-state index in [-0.39, 0.29) is 5.91 Å². The van der Waals surface area contributed by atoms with E-state index in [9.17, 15) is 14.6 Å². The Bertz CT molecular complexity index is 605. The molecule has 0 radical (unpaired) electrons. The number of rotatable bonds is 6. The fourth-order valence-corrected chi connectivity index (χ4v) is 2.48. The maximum absolute atomic E-state index is 12.3. The molecule has 1 amide bonds. The number of amides is 1. The number of nitrogens with one attached hydrogen (secondary N) is 1. The zero-order valence-corrected chi connectivity index (χ0v) is 14.4. The molecule has 0 spiro atoms. The van der Waals surface area contributed by atoms with Crippen molar-refractivity contribution in [3.05, 3.63) is 29.3 Å². The molecule has 1 aliphatic heterocycles. The van der Waals surface area contributed by atoms with Crippen LogP contribution >= 0.6 is 0 Å². The Balaban J connectivity index is 2.11. The van der Waals surface area contributed by atoms with Crippen LogP contribution in [0.25, 0.3) is 0 Å². The molecule has 6 nitrogen and oxygen atoms in total. The predicted molar refractivity (Wildman–Crippen MR) is 90.7 cm³/mol. The van der Waals surface area contributed by atoms with Gasteiger partial charge in [0.05, 0.1) is 12.5 Å². The molecule has 1 aromatic rings. The fourth-order valence-electron chi connectivity index (χ4n) is 2.48.